The van der Waals surface area contributed by atoms with E-state index in [1.54, 1.807) is 19.1 Å². The van der Waals surface area contributed by atoms with Gasteiger partial charge in [0.05, 0.1) is 18.2 Å². The molecule has 0 atom stereocenters. The van der Waals surface area contributed by atoms with Gasteiger partial charge in [0.25, 0.3) is 0 Å². The van der Waals surface area contributed by atoms with Gasteiger partial charge in [0.15, 0.2) is 9.84 Å². The summed E-state index contributed by atoms with van der Waals surface area (Å²) in [6.07, 6.45) is 0. The lowest BCUT2D eigenvalue weighted by Gasteiger charge is -2.06. The summed E-state index contributed by atoms with van der Waals surface area (Å²) < 4.78 is 27.8. The number of carbonyl (C=O) groups is 2. The summed E-state index contributed by atoms with van der Waals surface area (Å²) in [4.78, 5) is 22.8. The van der Waals surface area contributed by atoms with Crippen LogP contribution in [-0.4, -0.2) is 38.4 Å². The Morgan fingerprint density at radius 3 is 2.67 bits per heavy atom. The second-order valence-corrected chi connectivity index (χ2v) is 6.14. The number of hydrogen-bond donors (Lipinski definition) is 1. The van der Waals surface area contributed by atoms with Crippen molar-refractivity contribution >= 4 is 27.4 Å². The molecule has 112 valence electrons. The molecule has 1 amide bonds. The quantitative estimate of drug-likeness (QED) is 0.764. The van der Waals surface area contributed by atoms with Crippen LogP contribution >= 0.6 is 0 Å². The Hall–Kier alpha value is -2.40. The summed E-state index contributed by atoms with van der Waals surface area (Å²) in [6, 6.07) is 7.94. The van der Waals surface area contributed by atoms with Crippen LogP contribution in [0.5, 0.6) is 0 Å². The molecule has 1 aromatic rings. The van der Waals surface area contributed by atoms with Crippen molar-refractivity contribution in [3.63, 3.8) is 0 Å². The van der Waals surface area contributed by atoms with Gasteiger partial charge in [0.2, 0.25) is 5.91 Å². The van der Waals surface area contributed by atoms with E-state index in [-0.39, 0.29) is 6.61 Å². The minimum absolute atomic E-state index is 0.0709. The van der Waals surface area contributed by atoms with Gasteiger partial charge in [-0.25, -0.2) is 8.42 Å². The molecular formula is C13H14N2O5S. The lowest BCUT2D eigenvalue weighted by atomic mass is 10.2. The summed E-state index contributed by atoms with van der Waals surface area (Å²) in [5.41, 5.74) is 0.646. The highest BCUT2D eigenvalue weighted by molar-refractivity contribution is 7.92. The van der Waals surface area contributed by atoms with Crippen LogP contribution in [0.4, 0.5) is 5.69 Å². The van der Waals surface area contributed by atoms with Crippen molar-refractivity contribution in [2.75, 3.05) is 23.4 Å². The van der Waals surface area contributed by atoms with Crippen LogP contribution in [0.15, 0.2) is 24.3 Å². The summed E-state index contributed by atoms with van der Waals surface area (Å²) >= 11 is 0. The molecule has 7 nitrogen and oxygen atoms in total. The van der Waals surface area contributed by atoms with Gasteiger partial charge in [-0.15, -0.1) is 0 Å². The number of nitrogens with zero attached hydrogens (tertiary/aromatic N) is 1. The normalized spacial score (nSPS) is 10.5. The van der Waals surface area contributed by atoms with Crippen molar-refractivity contribution in [1.82, 2.24) is 0 Å². The van der Waals surface area contributed by atoms with E-state index in [0.717, 1.165) is 0 Å². The molecule has 1 N–H and O–H groups in total. The predicted octanol–water partition coefficient (Wildman–Crippen LogP) is 0.475. The minimum atomic E-state index is -3.89. The van der Waals surface area contributed by atoms with Crippen molar-refractivity contribution in [2.45, 2.75) is 6.92 Å². The number of nitrogens with one attached hydrogen (secondary N) is 1. The number of amides is 1. The number of nitriles is 1. The highest BCUT2D eigenvalue weighted by atomic mass is 32.2. The van der Waals surface area contributed by atoms with E-state index in [1.807, 2.05) is 6.07 Å². The lowest BCUT2D eigenvalue weighted by Crippen LogP contribution is -2.28. The Kier molecular flexibility index (Phi) is 5.87. The first kappa shape index (κ1) is 16.7. The first-order chi connectivity index (χ1) is 9.86. The largest absolute Gasteiger partial charge is 0.465 e. The van der Waals surface area contributed by atoms with Crippen LogP contribution in [-0.2, 0) is 24.2 Å². The van der Waals surface area contributed by atoms with Gasteiger partial charge in [-0.2, -0.15) is 5.26 Å². The monoisotopic (exact) mass is 310 g/mol. The van der Waals surface area contributed by atoms with Crippen LogP contribution in [0.1, 0.15) is 12.5 Å². The molecule has 0 spiro atoms. The Bertz CT molecular complexity index is 676. The third-order valence-corrected chi connectivity index (χ3v) is 3.65. The first-order valence-corrected chi connectivity index (χ1v) is 7.84. The molecule has 0 heterocycles. The maximum atomic E-state index is 11.6. The number of anilines is 1. The van der Waals surface area contributed by atoms with E-state index in [0.29, 0.717) is 11.3 Å². The maximum absolute atomic E-state index is 11.6. The predicted molar refractivity (Wildman–Crippen MR) is 75.1 cm³/mol. The average molecular weight is 310 g/mol. The van der Waals surface area contributed by atoms with Crippen LogP contribution in [0.25, 0.3) is 0 Å². The van der Waals surface area contributed by atoms with Crippen LogP contribution in [0.3, 0.4) is 0 Å². The number of carbonyl (C=O) groups excluding carboxylic acids is 2. The highest BCUT2D eigenvalue weighted by Gasteiger charge is 2.21. The summed E-state index contributed by atoms with van der Waals surface area (Å²) in [7, 11) is -3.89. The summed E-state index contributed by atoms with van der Waals surface area (Å²) in [5, 5.41) is 11.1. The van der Waals surface area contributed by atoms with Gasteiger partial charge in [-0.1, -0.05) is 6.07 Å². The Labute approximate surface area is 122 Å². The van der Waals surface area contributed by atoms with Gasteiger partial charge >= 0.3 is 5.97 Å². The van der Waals surface area contributed by atoms with Gasteiger partial charge in [-0.3, -0.25) is 9.59 Å². The van der Waals surface area contributed by atoms with Crippen LogP contribution in [0, 0.1) is 11.3 Å². The fourth-order valence-corrected chi connectivity index (χ4v) is 2.51. The SMILES string of the molecule is CCOC(=O)CS(=O)(=O)CC(=O)Nc1cccc(C#N)c1. The first-order valence-electron chi connectivity index (χ1n) is 6.02. The number of hydrogen-bond acceptors (Lipinski definition) is 6. The molecular weight excluding hydrogens is 296 g/mol. The molecule has 0 aliphatic heterocycles. The summed E-state index contributed by atoms with van der Waals surface area (Å²) in [6.45, 7) is 1.63. The Morgan fingerprint density at radius 1 is 1.33 bits per heavy atom. The van der Waals surface area contributed by atoms with Crippen LogP contribution in [0.2, 0.25) is 0 Å². The molecule has 0 bridgehead atoms. The third kappa shape index (κ3) is 6.05. The van der Waals surface area contributed by atoms with Crippen molar-refractivity contribution in [3.05, 3.63) is 29.8 Å². The fourth-order valence-electron chi connectivity index (χ4n) is 1.50. The second kappa shape index (κ2) is 7.40. The number of rotatable bonds is 6. The molecule has 1 aromatic carbocycles. The third-order valence-electron chi connectivity index (χ3n) is 2.27. The second-order valence-electron chi connectivity index (χ2n) is 4.08. The van der Waals surface area contributed by atoms with Crippen molar-refractivity contribution in [3.8, 4) is 6.07 Å². The van der Waals surface area contributed by atoms with E-state index < -0.39 is 33.2 Å². The molecule has 0 saturated heterocycles. The highest BCUT2D eigenvalue weighted by Crippen LogP contribution is 2.09. The zero-order valence-electron chi connectivity index (χ0n) is 11.3. The van der Waals surface area contributed by atoms with E-state index in [4.69, 9.17) is 5.26 Å². The van der Waals surface area contributed by atoms with Crippen LogP contribution < -0.4 is 5.32 Å². The van der Waals surface area contributed by atoms with Crippen molar-refractivity contribution in [1.29, 1.82) is 5.26 Å². The number of benzene rings is 1. The molecule has 0 saturated carbocycles. The number of sulfone groups is 1. The summed E-state index contributed by atoms with van der Waals surface area (Å²) in [5.74, 6) is -3.35. The standard InChI is InChI=1S/C13H14N2O5S/c1-2-20-13(17)9-21(18,19)8-12(16)15-11-5-3-4-10(6-11)7-14/h3-6H,2,8-9H2,1H3,(H,15,16). The topological polar surface area (TPSA) is 113 Å². The minimum Gasteiger partial charge on any atom is -0.465 e. The molecule has 0 aliphatic rings. The van der Waals surface area contributed by atoms with Crippen molar-refractivity contribution < 1.29 is 22.7 Å². The molecule has 21 heavy (non-hydrogen) atoms. The van der Waals surface area contributed by atoms with Gasteiger partial charge in [-0.05, 0) is 25.1 Å². The zero-order chi connectivity index (χ0) is 15.9. The molecule has 0 radical (unpaired) electrons. The van der Waals surface area contributed by atoms with E-state index in [9.17, 15) is 18.0 Å². The van der Waals surface area contributed by atoms with E-state index >= 15 is 0 Å². The number of esters is 1. The molecule has 1 rings (SSSR count). The smallest absolute Gasteiger partial charge is 0.321 e. The van der Waals surface area contributed by atoms with Crippen molar-refractivity contribution in [2.24, 2.45) is 0 Å². The van der Waals surface area contributed by atoms with E-state index in [1.165, 1.54) is 12.1 Å². The molecule has 8 heteroatoms. The van der Waals surface area contributed by atoms with Gasteiger partial charge < -0.3 is 10.1 Å². The molecule has 0 aromatic heterocycles. The molecule has 0 aliphatic carbocycles. The number of ether oxygens (including phenoxy) is 1. The van der Waals surface area contributed by atoms with Gasteiger partial charge in [0, 0.05) is 5.69 Å². The van der Waals surface area contributed by atoms with Gasteiger partial charge in [0.1, 0.15) is 11.5 Å². The Morgan fingerprint density at radius 2 is 2.05 bits per heavy atom. The maximum Gasteiger partial charge on any atom is 0.321 e. The fraction of sp³-hybridized carbons (Fsp3) is 0.308. The molecule has 0 fully saturated rings. The lowest BCUT2D eigenvalue weighted by molar-refractivity contribution is -0.139. The zero-order valence-corrected chi connectivity index (χ0v) is 12.1. The van der Waals surface area contributed by atoms with E-state index in [2.05, 4.69) is 10.1 Å². The Balaban J connectivity index is 2.64. The average Bonchev–Trinajstić information content (AvgIpc) is 2.37. The molecule has 0 unspecified atom stereocenters.